The number of hydrogen-bond donors (Lipinski definition) is 0. The summed E-state index contributed by atoms with van der Waals surface area (Å²) in [7, 11) is 0. The lowest BCUT2D eigenvalue weighted by atomic mass is 10.3. The van der Waals surface area contributed by atoms with Crippen LogP contribution in [0.3, 0.4) is 0 Å². The van der Waals surface area contributed by atoms with Gasteiger partial charge in [0.2, 0.25) is 0 Å². The molecule has 0 saturated heterocycles. The Kier molecular flexibility index (Phi) is 1.50. The quantitative estimate of drug-likeness (QED) is 0.504. The Labute approximate surface area is 53.7 Å². The minimum atomic E-state index is 0.409. The summed E-state index contributed by atoms with van der Waals surface area (Å²) in [6, 6.07) is 1.91. The molecule has 0 bridgehead atoms. The van der Waals surface area contributed by atoms with Crippen molar-refractivity contribution in [2.75, 3.05) is 0 Å². The molecule has 1 rings (SSSR count). The molecule has 3 heteroatoms. The summed E-state index contributed by atoms with van der Waals surface area (Å²) in [5.41, 5.74) is 5.02. The van der Waals surface area contributed by atoms with Crippen molar-refractivity contribution in [2.24, 2.45) is 5.10 Å². The van der Waals surface area contributed by atoms with Crippen molar-refractivity contribution in [1.82, 2.24) is 5.43 Å². The van der Waals surface area contributed by atoms with Crippen molar-refractivity contribution < 1.29 is 0 Å². The zero-order chi connectivity index (χ0) is 6.69. The maximum Gasteiger partial charge on any atom is 0.164 e. The first-order valence-corrected chi connectivity index (χ1v) is 2.76. The fourth-order valence-corrected chi connectivity index (χ4v) is 0.561. The average molecular weight is 120 g/mol. The molecule has 0 fully saturated rings. The molecule has 0 saturated carbocycles. The second-order valence-corrected chi connectivity index (χ2v) is 1.69. The molecule has 1 heterocycles. The SMILES string of the molecule is CCC1=CC(C#N)=N[N]1. The molecule has 0 N–H and O–H groups in total. The van der Waals surface area contributed by atoms with E-state index in [1.54, 1.807) is 6.08 Å². The van der Waals surface area contributed by atoms with Gasteiger partial charge in [-0.25, -0.2) is 0 Å². The van der Waals surface area contributed by atoms with Crippen LogP contribution in [0.25, 0.3) is 0 Å². The normalized spacial score (nSPS) is 15.6. The van der Waals surface area contributed by atoms with Gasteiger partial charge in [0.05, 0.1) is 5.70 Å². The van der Waals surface area contributed by atoms with E-state index in [1.165, 1.54) is 0 Å². The predicted molar refractivity (Wildman–Crippen MR) is 33.6 cm³/mol. The summed E-state index contributed by atoms with van der Waals surface area (Å²) in [5.74, 6) is 0. The van der Waals surface area contributed by atoms with Gasteiger partial charge in [0.1, 0.15) is 6.07 Å². The lowest BCUT2D eigenvalue weighted by Gasteiger charge is -1.86. The third-order valence-electron chi connectivity index (χ3n) is 1.07. The molecule has 0 unspecified atom stereocenters. The van der Waals surface area contributed by atoms with Crippen molar-refractivity contribution in [3.8, 4) is 6.07 Å². The van der Waals surface area contributed by atoms with Crippen molar-refractivity contribution in [3.05, 3.63) is 11.8 Å². The molecule has 0 aromatic carbocycles. The molecule has 3 nitrogen and oxygen atoms in total. The van der Waals surface area contributed by atoms with Crippen molar-refractivity contribution in [1.29, 1.82) is 5.26 Å². The molecule has 1 radical (unpaired) electrons. The highest BCUT2D eigenvalue weighted by Crippen LogP contribution is 2.04. The molecule has 0 amide bonds. The van der Waals surface area contributed by atoms with E-state index in [0.29, 0.717) is 5.71 Å². The average Bonchev–Trinajstić information content (AvgIpc) is 2.34. The topological polar surface area (TPSA) is 50.2 Å². The van der Waals surface area contributed by atoms with E-state index in [9.17, 15) is 0 Å². The zero-order valence-corrected chi connectivity index (χ0v) is 5.13. The monoisotopic (exact) mass is 120 g/mol. The summed E-state index contributed by atoms with van der Waals surface area (Å²) < 4.78 is 0. The molecular formula is C6H6N3. The number of rotatable bonds is 1. The molecule has 0 aromatic rings. The Balaban J connectivity index is 2.66. The highest BCUT2D eigenvalue weighted by Gasteiger charge is 2.05. The van der Waals surface area contributed by atoms with Gasteiger partial charge in [0, 0.05) is 0 Å². The van der Waals surface area contributed by atoms with Gasteiger partial charge in [0.25, 0.3) is 0 Å². The van der Waals surface area contributed by atoms with Gasteiger partial charge in [-0.3, -0.25) is 0 Å². The number of nitriles is 1. The van der Waals surface area contributed by atoms with Gasteiger partial charge in [-0.1, -0.05) is 6.92 Å². The highest BCUT2D eigenvalue weighted by atomic mass is 15.3. The second-order valence-electron chi connectivity index (χ2n) is 1.69. The summed E-state index contributed by atoms with van der Waals surface area (Å²) in [6.07, 6.45) is 2.54. The Bertz CT molecular complexity index is 207. The number of nitrogens with zero attached hydrogens (tertiary/aromatic N) is 3. The van der Waals surface area contributed by atoms with E-state index >= 15 is 0 Å². The minimum absolute atomic E-state index is 0.409. The van der Waals surface area contributed by atoms with Gasteiger partial charge in [-0.15, -0.1) is 5.10 Å². The third-order valence-corrected chi connectivity index (χ3v) is 1.07. The van der Waals surface area contributed by atoms with Crippen LogP contribution < -0.4 is 5.43 Å². The van der Waals surface area contributed by atoms with Crippen molar-refractivity contribution >= 4 is 5.71 Å². The van der Waals surface area contributed by atoms with Crippen LogP contribution in [0.15, 0.2) is 16.9 Å². The lowest BCUT2D eigenvalue weighted by Crippen LogP contribution is -1.87. The van der Waals surface area contributed by atoms with Crippen LogP contribution in [-0.4, -0.2) is 5.71 Å². The largest absolute Gasteiger partial charge is 0.191 e. The maximum absolute atomic E-state index is 8.29. The van der Waals surface area contributed by atoms with E-state index in [4.69, 9.17) is 5.26 Å². The third kappa shape index (κ3) is 1.08. The molecule has 0 aliphatic carbocycles. The second kappa shape index (κ2) is 2.31. The summed E-state index contributed by atoms with van der Waals surface area (Å²) in [6.45, 7) is 1.98. The van der Waals surface area contributed by atoms with Crippen LogP contribution in [-0.2, 0) is 0 Å². The van der Waals surface area contributed by atoms with Gasteiger partial charge >= 0.3 is 0 Å². The molecule has 9 heavy (non-hydrogen) atoms. The Hall–Kier alpha value is -1.30. The van der Waals surface area contributed by atoms with Gasteiger partial charge in [0.15, 0.2) is 5.71 Å². The van der Waals surface area contributed by atoms with Gasteiger partial charge in [-0.05, 0) is 12.5 Å². The molecular weight excluding hydrogens is 114 g/mol. The molecule has 0 aromatic heterocycles. The number of allylic oxidation sites excluding steroid dienone is 2. The van der Waals surface area contributed by atoms with Crippen LogP contribution in [0.1, 0.15) is 13.3 Å². The summed E-state index contributed by atoms with van der Waals surface area (Å²) >= 11 is 0. The summed E-state index contributed by atoms with van der Waals surface area (Å²) in [4.78, 5) is 0. The van der Waals surface area contributed by atoms with Crippen LogP contribution >= 0.6 is 0 Å². The fraction of sp³-hybridized carbons (Fsp3) is 0.333. The van der Waals surface area contributed by atoms with Crippen molar-refractivity contribution in [3.63, 3.8) is 0 Å². The predicted octanol–water partition coefficient (Wildman–Crippen LogP) is 0.778. The minimum Gasteiger partial charge on any atom is -0.191 e. The van der Waals surface area contributed by atoms with E-state index < -0.39 is 0 Å². The van der Waals surface area contributed by atoms with Crippen LogP contribution in [0.4, 0.5) is 0 Å². The Morgan fingerprint density at radius 1 is 1.78 bits per heavy atom. The van der Waals surface area contributed by atoms with E-state index in [1.807, 2.05) is 13.0 Å². The van der Waals surface area contributed by atoms with Crippen molar-refractivity contribution in [2.45, 2.75) is 13.3 Å². The molecule has 45 valence electrons. The van der Waals surface area contributed by atoms with E-state index in [0.717, 1.165) is 12.1 Å². The zero-order valence-electron chi connectivity index (χ0n) is 5.13. The van der Waals surface area contributed by atoms with Gasteiger partial charge < -0.3 is 0 Å². The standard InChI is InChI=1S/C6H6N3/c1-2-5-3-6(4-7)9-8-5/h3H,2H2,1H3. The maximum atomic E-state index is 8.29. The summed E-state index contributed by atoms with van der Waals surface area (Å²) in [5, 5.41) is 11.9. The highest BCUT2D eigenvalue weighted by molar-refractivity contribution is 6.08. The fourth-order valence-electron chi connectivity index (χ4n) is 0.561. The Morgan fingerprint density at radius 3 is 2.89 bits per heavy atom. The molecule has 0 atom stereocenters. The lowest BCUT2D eigenvalue weighted by molar-refractivity contribution is 0.837. The van der Waals surface area contributed by atoms with Crippen LogP contribution in [0, 0.1) is 11.3 Å². The first-order valence-electron chi connectivity index (χ1n) is 2.76. The first-order chi connectivity index (χ1) is 4.36. The first kappa shape index (κ1) is 5.83. The molecule has 0 spiro atoms. The smallest absolute Gasteiger partial charge is 0.164 e. The number of hydrogen-bond acceptors (Lipinski definition) is 2. The van der Waals surface area contributed by atoms with Crippen LogP contribution in [0.5, 0.6) is 0 Å². The van der Waals surface area contributed by atoms with E-state index in [2.05, 4.69) is 10.5 Å². The van der Waals surface area contributed by atoms with E-state index in [-0.39, 0.29) is 0 Å². The van der Waals surface area contributed by atoms with Crippen LogP contribution in [0.2, 0.25) is 0 Å². The Morgan fingerprint density at radius 2 is 2.56 bits per heavy atom. The molecule has 1 aliphatic rings. The van der Waals surface area contributed by atoms with Gasteiger partial charge in [-0.2, -0.15) is 10.7 Å². The molecule has 1 aliphatic heterocycles.